The number of thiophene rings is 1. The highest BCUT2D eigenvalue weighted by molar-refractivity contribution is 8.12. The zero-order valence-corrected chi connectivity index (χ0v) is 7.58. The van der Waals surface area contributed by atoms with Gasteiger partial charge in [0.15, 0.2) is 16.6 Å². The molecule has 0 aromatic carbocycles. The van der Waals surface area contributed by atoms with E-state index in [1.54, 1.807) is 11.4 Å². The summed E-state index contributed by atoms with van der Waals surface area (Å²) in [5, 5.41) is 9.66. The lowest BCUT2D eigenvalue weighted by Crippen LogP contribution is -2.14. The standard InChI is InChI=1S/C7H4O3S2/c8-5-3-12(7(9)10)6-4(5)1-2-11-6/h1-2H,3H2/p+1. The SMILES string of the molecule is O=C1C[S+](C(=O)O)c2sccc21. The van der Waals surface area contributed by atoms with Crippen LogP contribution >= 0.6 is 11.3 Å². The Morgan fingerprint density at radius 2 is 2.42 bits per heavy atom. The van der Waals surface area contributed by atoms with Crippen LogP contribution in [0.2, 0.25) is 0 Å². The Hall–Kier alpha value is -0.810. The maximum Gasteiger partial charge on any atom is 0.530 e. The Labute approximate surface area is 75.4 Å². The molecule has 1 N–H and O–H groups in total. The summed E-state index contributed by atoms with van der Waals surface area (Å²) in [6.07, 6.45) is 0. The number of carbonyl (C=O) groups is 2. The molecule has 0 amide bonds. The van der Waals surface area contributed by atoms with Crippen LogP contribution in [0.1, 0.15) is 10.4 Å². The number of fused-ring (bicyclic) bond motifs is 1. The van der Waals surface area contributed by atoms with Crippen molar-refractivity contribution in [3.8, 4) is 0 Å². The molecule has 2 rings (SSSR count). The molecule has 1 aromatic rings. The second-order valence-electron chi connectivity index (χ2n) is 2.35. The Morgan fingerprint density at radius 1 is 1.67 bits per heavy atom. The molecule has 5 heteroatoms. The van der Waals surface area contributed by atoms with Gasteiger partial charge in [-0.2, -0.15) is 4.79 Å². The second-order valence-corrected chi connectivity index (χ2v) is 5.35. The molecule has 0 radical (unpaired) electrons. The van der Waals surface area contributed by atoms with Gasteiger partial charge in [-0.15, -0.1) is 0 Å². The van der Waals surface area contributed by atoms with Crippen molar-refractivity contribution in [3.05, 3.63) is 17.0 Å². The van der Waals surface area contributed by atoms with Crippen LogP contribution in [0.15, 0.2) is 15.7 Å². The van der Waals surface area contributed by atoms with E-state index in [-0.39, 0.29) is 11.5 Å². The van der Waals surface area contributed by atoms with Gasteiger partial charge in [0.1, 0.15) is 0 Å². The molecule has 1 aliphatic heterocycles. The molecule has 0 fully saturated rings. The van der Waals surface area contributed by atoms with Gasteiger partial charge in [0, 0.05) is 0 Å². The van der Waals surface area contributed by atoms with Gasteiger partial charge in [-0.05, 0) is 11.4 Å². The van der Waals surface area contributed by atoms with Crippen LogP contribution in [0.3, 0.4) is 0 Å². The molecule has 12 heavy (non-hydrogen) atoms. The minimum absolute atomic E-state index is 0.0306. The first-order valence-electron chi connectivity index (χ1n) is 3.24. The van der Waals surface area contributed by atoms with Crippen LogP contribution in [0.25, 0.3) is 0 Å². The van der Waals surface area contributed by atoms with Gasteiger partial charge >= 0.3 is 5.30 Å². The Bertz CT molecular complexity index is 355. The third kappa shape index (κ3) is 0.971. The first-order chi connectivity index (χ1) is 5.70. The Kier molecular flexibility index (Phi) is 1.69. The predicted octanol–water partition coefficient (Wildman–Crippen LogP) is 1.60. The van der Waals surface area contributed by atoms with Crippen molar-refractivity contribution in [1.29, 1.82) is 0 Å². The molecule has 0 spiro atoms. The zero-order valence-electron chi connectivity index (χ0n) is 5.94. The molecule has 1 aromatic heterocycles. The van der Waals surface area contributed by atoms with E-state index in [4.69, 9.17) is 5.11 Å². The summed E-state index contributed by atoms with van der Waals surface area (Å²) >= 11 is 1.36. The Balaban J connectivity index is 2.48. The molecule has 0 saturated heterocycles. The monoisotopic (exact) mass is 201 g/mol. The van der Waals surface area contributed by atoms with Crippen molar-refractivity contribution in [2.45, 2.75) is 4.21 Å². The van der Waals surface area contributed by atoms with Gasteiger partial charge < -0.3 is 5.11 Å². The van der Waals surface area contributed by atoms with Crippen molar-refractivity contribution in [1.82, 2.24) is 0 Å². The molecule has 3 nitrogen and oxygen atoms in total. The number of Topliss-reactive ketones (excluding diaryl/α,β-unsaturated/α-hetero) is 1. The zero-order chi connectivity index (χ0) is 8.72. The van der Waals surface area contributed by atoms with Gasteiger partial charge in [-0.25, -0.2) is 0 Å². The fraction of sp³-hybridized carbons (Fsp3) is 0.143. The van der Waals surface area contributed by atoms with Crippen LogP contribution in [0, 0.1) is 0 Å². The topological polar surface area (TPSA) is 54.4 Å². The quantitative estimate of drug-likeness (QED) is 0.649. The molecule has 1 atom stereocenters. The highest BCUT2D eigenvalue weighted by Crippen LogP contribution is 2.32. The van der Waals surface area contributed by atoms with Gasteiger partial charge in [-0.1, -0.05) is 11.3 Å². The summed E-state index contributed by atoms with van der Waals surface area (Å²) in [5.74, 6) is 0.133. The minimum Gasteiger partial charge on any atom is -0.441 e. The number of hydrogen-bond donors (Lipinski definition) is 1. The average Bonchev–Trinajstić information content (AvgIpc) is 2.53. The predicted molar refractivity (Wildman–Crippen MR) is 47.2 cm³/mol. The lowest BCUT2D eigenvalue weighted by atomic mass is 10.2. The molecule has 0 saturated carbocycles. The third-order valence-electron chi connectivity index (χ3n) is 1.64. The number of carbonyl (C=O) groups excluding carboxylic acids is 1. The minimum atomic E-state index is -0.871. The van der Waals surface area contributed by atoms with Gasteiger partial charge in [0.2, 0.25) is 9.99 Å². The lowest BCUT2D eigenvalue weighted by molar-refractivity contribution is 0.102. The highest BCUT2D eigenvalue weighted by Gasteiger charge is 2.46. The lowest BCUT2D eigenvalue weighted by Gasteiger charge is -1.86. The summed E-state index contributed by atoms with van der Waals surface area (Å²) in [6, 6.07) is 1.71. The molecule has 1 aliphatic rings. The van der Waals surface area contributed by atoms with Crippen molar-refractivity contribution in [2.24, 2.45) is 0 Å². The van der Waals surface area contributed by atoms with E-state index in [9.17, 15) is 9.59 Å². The van der Waals surface area contributed by atoms with Crippen molar-refractivity contribution in [2.75, 3.05) is 5.75 Å². The molecule has 0 bridgehead atoms. The summed E-state index contributed by atoms with van der Waals surface area (Å²) in [4.78, 5) is 21.9. The summed E-state index contributed by atoms with van der Waals surface area (Å²) in [6.45, 7) is 0. The fourth-order valence-corrected chi connectivity index (χ4v) is 4.05. The molecule has 0 aliphatic carbocycles. The van der Waals surface area contributed by atoms with Gasteiger partial charge in [0.25, 0.3) is 0 Å². The molecule has 1 unspecified atom stereocenters. The third-order valence-corrected chi connectivity index (χ3v) is 4.88. The molecular formula is C7H5O3S2+. The average molecular weight is 201 g/mol. The number of hydrogen-bond acceptors (Lipinski definition) is 3. The molecular weight excluding hydrogens is 196 g/mol. The highest BCUT2D eigenvalue weighted by atomic mass is 32.2. The van der Waals surface area contributed by atoms with Gasteiger partial charge in [0.05, 0.1) is 5.56 Å². The summed E-state index contributed by atoms with van der Waals surface area (Å²) < 4.78 is 0.743. The van der Waals surface area contributed by atoms with Crippen molar-refractivity contribution >= 4 is 33.3 Å². The fourth-order valence-electron chi connectivity index (χ4n) is 1.11. The summed E-state index contributed by atoms with van der Waals surface area (Å²) in [5.41, 5.74) is 0.616. The van der Waals surface area contributed by atoms with E-state index in [1.807, 2.05) is 0 Å². The van der Waals surface area contributed by atoms with E-state index in [1.165, 1.54) is 11.3 Å². The number of rotatable bonds is 0. The van der Waals surface area contributed by atoms with E-state index >= 15 is 0 Å². The van der Waals surface area contributed by atoms with Crippen LogP contribution in [-0.4, -0.2) is 21.9 Å². The maximum absolute atomic E-state index is 11.2. The number of carboxylic acid groups (broad SMARTS) is 1. The van der Waals surface area contributed by atoms with Crippen LogP contribution in [0.4, 0.5) is 4.79 Å². The molecule has 2 heterocycles. The van der Waals surface area contributed by atoms with Crippen LogP contribution in [0.5, 0.6) is 0 Å². The van der Waals surface area contributed by atoms with E-state index in [0.29, 0.717) is 5.56 Å². The first kappa shape index (κ1) is 7.82. The second kappa shape index (κ2) is 2.60. The van der Waals surface area contributed by atoms with E-state index in [2.05, 4.69) is 0 Å². The van der Waals surface area contributed by atoms with Crippen molar-refractivity contribution in [3.63, 3.8) is 0 Å². The van der Waals surface area contributed by atoms with Crippen LogP contribution < -0.4 is 0 Å². The van der Waals surface area contributed by atoms with Crippen LogP contribution in [-0.2, 0) is 10.9 Å². The van der Waals surface area contributed by atoms with E-state index in [0.717, 1.165) is 4.21 Å². The largest absolute Gasteiger partial charge is 0.530 e. The Morgan fingerprint density at radius 3 is 3.08 bits per heavy atom. The smallest absolute Gasteiger partial charge is 0.441 e. The number of ketones is 1. The maximum atomic E-state index is 11.2. The molecule has 62 valence electrons. The van der Waals surface area contributed by atoms with Gasteiger partial charge in [-0.3, -0.25) is 4.79 Å². The van der Waals surface area contributed by atoms with Crippen molar-refractivity contribution < 1.29 is 14.7 Å². The summed E-state index contributed by atoms with van der Waals surface area (Å²) in [7, 11) is -0.867. The van der Waals surface area contributed by atoms with E-state index < -0.39 is 16.2 Å². The normalized spacial score (nSPS) is 21.0. The first-order valence-corrected chi connectivity index (χ1v) is 5.52.